The van der Waals surface area contributed by atoms with E-state index < -0.39 is 0 Å². The minimum atomic E-state index is 0.177. The Morgan fingerprint density at radius 1 is 1.46 bits per heavy atom. The number of carbonyl (C=O) groups excluding carboxylic acids is 1. The van der Waals surface area contributed by atoms with Crippen LogP contribution >= 0.6 is 0 Å². The molecule has 0 saturated heterocycles. The third-order valence-corrected chi connectivity index (χ3v) is 2.69. The van der Waals surface area contributed by atoms with Gasteiger partial charge >= 0.3 is 0 Å². The van der Waals surface area contributed by atoms with Crippen molar-refractivity contribution in [2.24, 2.45) is 5.92 Å². The maximum Gasteiger partial charge on any atom is 0.165 e. The molecule has 1 atom stereocenters. The number of hydrogen-bond donors (Lipinski definition) is 1. The van der Waals surface area contributed by atoms with Crippen LogP contribution in [0.4, 0.5) is 5.69 Å². The molecule has 2 rings (SSSR count). The van der Waals surface area contributed by atoms with Gasteiger partial charge in [-0.3, -0.25) is 4.79 Å². The number of benzene rings is 1. The summed E-state index contributed by atoms with van der Waals surface area (Å²) in [4.78, 5) is 11.7. The van der Waals surface area contributed by atoms with E-state index in [0.29, 0.717) is 0 Å². The first-order chi connectivity index (χ1) is 6.18. The largest absolute Gasteiger partial charge is 0.399 e. The molecule has 1 aliphatic carbocycles. The number of fused-ring (bicyclic) bond motifs is 1. The normalized spacial score (nSPS) is 21.3. The zero-order valence-electron chi connectivity index (χ0n) is 7.71. The quantitative estimate of drug-likeness (QED) is 0.613. The van der Waals surface area contributed by atoms with Gasteiger partial charge in [0.2, 0.25) is 0 Å². The van der Waals surface area contributed by atoms with Crippen molar-refractivity contribution >= 4 is 11.5 Å². The summed E-state index contributed by atoms with van der Waals surface area (Å²) in [6.45, 7) is 1.99. The van der Waals surface area contributed by atoms with Crippen molar-refractivity contribution in [3.63, 3.8) is 0 Å². The van der Waals surface area contributed by atoms with Crippen molar-refractivity contribution < 1.29 is 4.79 Å². The topological polar surface area (TPSA) is 43.1 Å². The number of Topliss-reactive ketones (excluding diaryl/α,β-unsaturated/α-hetero) is 1. The highest BCUT2D eigenvalue weighted by molar-refractivity contribution is 6.00. The zero-order valence-corrected chi connectivity index (χ0v) is 7.71. The lowest BCUT2D eigenvalue weighted by Crippen LogP contribution is -2.19. The molecule has 0 heterocycles. The third-order valence-electron chi connectivity index (χ3n) is 2.69. The zero-order chi connectivity index (χ0) is 9.42. The monoisotopic (exact) mass is 175 g/mol. The molecule has 2 N–H and O–H groups in total. The Bertz CT molecular complexity index is 357. The van der Waals surface area contributed by atoms with Gasteiger partial charge in [-0.2, -0.15) is 0 Å². The lowest BCUT2D eigenvalue weighted by atomic mass is 9.84. The van der Waals surface area contributed by atoms with Crippen LogP contribution in [0.2, 0.25) is 0 Å². The van der Waals surface area contributed by atoms with E-state index in [1.165, 1.54) is 0 Å². The summed E-state index contributed by atoms with van der Waals surface area (Å²) in [7, 11) is 0. The highest BCUT2D eigenvalue weighted by Crippen LogP contribution is 2.26. The van der Waals surface area contributed by atoms with Crippen LogP contribution in [0.3, 0.4) is 0 Å². The maximum atomic E-state index is 11.7. The van der Waals surface area contributed by atoms with E-state index >= 15 is 0 Å². The van der Waals surface area contributed by atoms with Gasteiger partial charge < -0.3 is 5.73 Å². The molecule has 1 aromatic rings. The summed E-state index contributed by atoms with van der Waals surface area (Å²) in [5.41, 5.74) is 8.38. The standard InChI is InChI=1S/C11H13NO/c1-7-2-3-8-6-9(12)4-5-10(8)11(7)13/h4-7H,2-3,12H2,1H3. The molecule has 0 radical (unpaired) electrons. The maximum absolute atomic E-state index is 11.7. The average Bonchev–Trinajstić information content (AvgIpc) is 2.12. The van der Waals surface area contributed by atoms with E-state index in [2.05, 4.69) is 0 Å². The predicted molar refractivity (Wildman–Crippen MR) is 52.7 cm³/mol. The molecular weight excluding hydrogens is 162 g/mol. The number of anilines is 1. The van der Waals surface area contributed by atoms with Crippen LogP contribution in [0.5, 0.6) is 0 Å². The minimum absolute atomic E-state index is 0.177. The second kappa shape index (κ2) is 2.87. The van der Waals surface area contributed by atoms with E-state index in [4.69, 9.17) is 5.73 Å². The fraction of sp³-hybridized carbons (Fsp3) is 0.364. The predicted octanol–water partition coefficient (Wildman–Crippen LogP) is 2.03. The molecule has 1 aliphatic rings. The first-order valence-electron chi connectivity index (χ1n) is 4.61. The molecule has 0 bridgehead atoms. The smallest absolute Gasteiger partial charge is 0.165 e. The summed E-state index contributed by atoms with van der Waals surface area (Å²) in [5, 5.41) is 0. The van der Waals surface area contributed by atoms with Crippen LogP contribution in [-0.2, 0) is 6.42 Å². The van der Waals surface area contributed by atoms with Gasteiger partial charge in [-0.05, 0) is 36.6 Å². The van der Waals surface area contributed by atoms with Crippen LogP contribution in [0.1, 0.15) is 29.3 Å². The Kier molecular flexibility index (Phi) is 1.83. The highest BCUT2D eigenvalue weighted by Gasteiger charge is 2.23. The Hall–Kier alpha value is -1.31. The van der Waals surface area contributed by atoms with Crippen LogP contribution in [0, 0.1) is 5.92 Å². The molecule has 0 fully saturated rings. The molecule has 1 unspecified atom stereocenters. The fourth-order valence-corrected chi connectivity index (χ4v) is 1.83. The molecule has 0 saturated carbocycles. The first-order valence-corrected chi connectivity index (χ1v) is 4.61. The van der Waals surface area contributed by atoms with E-state index in [1.54, 1.807) is 6.07 Å². The molecule has 2 nitrogen and oxygen atoms in total. The average molecular weight is 175 g/mol. The summed E-state index contributed by atoms with van der Waals surface area (Å²) in [6.07, 6.45) is 1.93. The second-order valence-corrected chi connectivity index (χ2v) is 3.72. The van der Waals surface area contributed by atoms with Crippen molar-refractivity contribution in [2.75, 3.05) is 5.73 Å². The van der Waals surface area contributed by atoms with Crippen molar-refractivity contribution in [1.82, 2.24) is 0 Å². The van der Waals surface area contributed by atoms with Gasteiger partial charge in [0.05, 0.1) is 0 Å². The lowest BCUT2D eigenvalue weighted by molar-refractivity contribution is 0.0914. The van der Waals surface area contributed by atoms with E-state index in [1.807, 2.05) is 19.1 Å². The van der Waals surface area contributed by atoms with Crippen molar-refractivity contribution in [1.29, 1.82) is 0 Å². The number of carbonyl (C=O) groups is 1. The molecule has 0 spiro atoms. The van der Waals surface area contributed by atoms with Gasteiger partial charge in [0.1, 0.15) is 0 Å². The number of aryl methyl sites for hydroxylation is 1. The molecule has 68 valence electrons. The Balaban J connectivity index is 2.50. The number of ketones is 1. The van der Waals surface area contributed by atoms with E-state index in [0.717, 1.165) is 29.7 Å². The van der Waals surface area contributed by atoms with E-state index in [9.17, 15) is 4.79 Å². The Labute approximate surface area is 77.8 Å². The van der Waals surface area contributed by atoms with Gasteiger partial charge in [-0.15, -0.1) is 0 Å². The molecule has 13 heavy (non-hydrogen) atoms. The van der Waals surface area contributed by atoms with Gasteiger partial charge in [0, 0.05) is 17.2 Å². The summed E-state index contributed by atoms with van der Waals surface area (Å²) in [5.74, 6) is 0.442. The Morgan fingerprint density at radius 2 is 2.23 bits per heavy atom. The van der Waals surface area contributed by atoms with Crippen molar-refractivity contribution in [3.8, 4) is 0 Å². The lowest BCUT2D eigenvalue weighted by Gasteiger charge is -2.20. The number of nitrogen functional groups attached to an aromatic ring is 1. The summed E-state index contributed by atoms with van der Waals surface area (Å²) in [6, 6.07) is 5.57. The third kappa shape index (κ3) is 1.32. The molecule has 1 aromatic carbocycles. The summed E-state index contributed by atoms with van der Waals surface area (Å²) < 4.78 is 0. The van der Waals surface area contributed by atoms with E-state index in [-0.39, 0.29) is 11.7 Å². The van der Waals surface area contributed by atoms with Gasteiger partial charge in [-0.25, -0.2) is 0 Å². The molecular formula is C11H13NO. The molecule has 0 aliphatic heterocycles. The Morgan fingerprint density at radius 3 is 3.00 bits per heavy atom. The van der Waals surface area contributed by atoms with Gasteiger partial charge in [-0.1, -0.05) is 6.92 Å². The number of nitrogens with two attached hydrogens (primary N) is 1. The van der Waals surface area contributed by atoms with Gasteiger partial charge in [0.15, 0.2) is 5.78 Å². The molecule has 0 amide bonds. The first kappa shape index (κ1) is 8.30. The molecule has 2 heteroatoms. The van der Waals surface area contributed by atoms with Crippen LogP contribution in [0.25, 0.3) is 0 Å². The number of rotatable bonds is 0. The van der Waals surface area contributed by atoms with Gasteiger partial charge in [0.25, 0.3) is 0 Å². The van der Waals surface area contributed by atoms with Crippen LogP contribution in [-0.4, -0.2) is 5.78 Å². The number of hydrogen-bond acceptors (Lipinski definition) is 2. The fourth-order valence-electron chi connectivity index (χ4n) is 1.83. The highest BCUT2D eigenvalue weighted by atomic mass is 16.1. The van der Waals surface area contributed by atoms with Crippen LogP contribution < -0.4 is 5.73 Å². The molecule has 0 aromatic heterocycles. The minimum Gasteiger partial charge on any atom is -0.399 e. The van der Waals surface area contributed by atoms with Crippen molar-refractivity contribution in [2.45, 2.75) is 19.8 Å². The SMILES string of the molecule is CC1CCc2cc(N)ccc2C1=O. The van der Waals surface area contributed by atoms with Crippen molar-refractivity contribution in [3.05, 3.63) is 29.3 Å². The summed E-state index contributed by atoms with van der Waals surface area (Å²) >= 11 is 0. The van der Waals surface area contributed by atoms with Crippen LogP contribution in [0.15, 0.2) is 18.2 Å². The second-order valence-electron chi connectivity index (χ2n) is 3.72.